The second-order valence-electron chi connectivity index (χ2n) is 5.18. The van der Waals surface area contributed by atoms with Crippen molar-refractivity contribution in [3.63, 3.8) is 0 Å². The van der Waals surface area contributed by atoms with Gasteiger partial charge in [-0.3, -0.25) is 10.1 Å². The minimum atomic E-state index is -0.355. The lowest BCUT2D eigenvalue weighted by atomic mass is 10.1. The van der Waals surface area contributed by atoms with Gasteiger partial charge in [-0.2, -0.15) is 0 Å². The summed E-state index contributed by atoms with van der Waals surface area (Å²) >= 11 is 0. The number of nitrogens with zero attached hydrogens (tertiary/aromatic N) is 2. The van der Waals surface area contributed by atoms with Crippen LogP contribution in [0, 0.1) is 10.1 Å². The van der Waals surface area contributed by atoms with E-state index in [2.05, 4.69) is 17.1 Å². The lowest BCUT2D eigenvalue weighted by molar-refractivity contribution is -0.384. The van der Waals surface area contributed by atoms with Crippen molar-refractivity contribution >= 4 is 5.69 Å². The first-order valence-corrected chi connectivity index (χ1v) is 6.84. The van der Waals surface area contributed by atoms with Crippen molar-refractivity contribution in [2.24, 2.45) is 0 Å². The molecule has 0 aliphatic carbocycles. The summed E-state index contributed by atoms with van der Waals surface area (Å²) in [5.74, 6) is 0. The summed E-state index contributed by atoms with van der Waals surface area (Å²) in [4.78, 5) is 12.7. The summed E-state index contributed by atoms with van der Waals surface area (Å²) in [5, 5.41) is 14.0. The number of benzene rings is 1. The van der Waals surface area contributed by atoms with Gasteiger partial charge in [0.2, 0.25) is 0 Å². The molecule has 5 heteroatoms. The summed E-state index contributed by atoms with van der Waals surface area (Å²) in [5.41, 5.74) is 1.34. The predicted molar refractivity (Wildman–Crippen MR) is 75.3 cm³/mol. The fourth-order valence-electron chi connectivity index (χ4n) is 2.51. The molecule has 0 aromatic heterocycles. The Kier molecular flexibility index (Phi) is 4.87. The predicted octanol–water partition coefficient (Wildman–Crippen LogP) is 1.82. The molecule has 2 rings (SSSR count). The molecule has 1 aliphatic heterocycles. The van der Waals surface area contributed by atoms with Crippen LogP contribution in [0.3, 0.4) is 0 Å². The number of aryl methyl sites for hydroxylation is 1. The van der Waals surface area contributed by atoms with Crippen molar-refractivity contribution in [1.29, 1.82) is 0 Å². The molecule has 1 aromatic rings. The van der Waals surface area contributed by atoms with E-state index in [0.717, 1.165) is 39.0 Å². The van der Waals surface area contributed by atoms with E-state index >= 15 is 0 Å². The van der Waals surface area contributed by atoms with Crippen LogP contribution in [-0.4, -0.2) is 42.0 Å². The fourth-order valence-corrected chi connectivity index (χ4v) is 2.51. The molecule has 19 heavy (non-hydrogen) atoms. The quantitative estimate of drug-likeness (QED) is 0.650. The van der Waals surface area contributed by atoms with E-state index < -0.39 is 0 Å². The highest BCUT2D eigenvalue weighted by molar-refractivity contribution is 5.32. The average molecular weight is 263 g/mol. The number of rotatable bonds is 5. The molecule has 0 bridgehead atoms. The van der Waals surface area contributed by atoms with E-state index in [4.69, 9.17) is 0 Å². The zero-order chi connectivity index (χ0) is 13.7. The van der Waals surface area contributed by atoms with Crippen LogP contribution in [0.25, 0.3) is 0 Å². The third kappa shape index (κ3) is 4.29. The van der Waals surface area contributed by atoms with Gasteiger partial charge in [0.25, 0.3) is 5.69 Å². The van der Waals surface area contributed by atoms with Gasteiger partial charge in [-0.05, 0) is 31.9 Å². The monoisotopic (exact) mass is 263 g/mol. The zero-order valence-electron chi connectivity index (χ0n) is 11.3. The molecule has 5 nitrogen and oxygen atoms in total. The Balaban J connectivity index is 1.74. The first kappa shape index (κ1) is 14.0. The van der Waals surface area contributed by atoms with Crippen LogP contribution in [0.4, 0.5) is 5.69 Å². The average Bonchev–Trinajstić information content (AvgIpc) is 2.39. The molecule has 0 spiro atoms. The van der Waals surface area contributed by atoms with E-state index in [1.54, 1.807) is 12.1 Å². The van der Waals surface area contributed by atoms with E-state index in [-0.39, 0.29) is 10.6 Å². The summed E-state index contributed by atoms with van der Waals surface area (Å²) in [6.07, 6.45) is 2.08. The number of hydrogen-bond acceptors (Lipinski definition) is 4. The summed E-state index contributed by atoms with van der Waals surface area (Å²) in [7, 11) is 0. The molecule has 0 amide bonds. The van der Waals surface area contributed by atoms with Gasteiger partial charge in [0.1, 0.15) is 0 Å². The number of nitro groups is 1. The van der Waals surface area contributed by atoms with Crippen LogP contribution >= 0.6 is 0 Å². The van der Waals surface area contributed by atoms with Crippen LogP contribution in [-0.2, 0) is 6.42 Å². The van der Waals surface area contributed by atoms with E-state index in [0.29, 0.717) is 6.04 Å². The molecule has 1 heterocycles. The van der Waals surface area contributed by atoms with Gasteiger partial charge < -0.3 is 10.2 Å². The van der Waals surface area contributed by atoms with Gasteiger partial charge >= 0.3 is 0 Å². The van der Waals surface area contributed by atoms with Gasteiger partial charge in [-0.25, -0.2) is 0 Å². The first-order valence-electron chi connectivity index (χ1n) is 6.84. The Morgan fingerprint density at radius 1 is 1.42 bits per heavy atom. The molecule has 1 aliphatic rings. The third-order valence-corrected chi connectivity index (χ3v) is 3.54. The fraction of sp³-hybridized carbons (Fsp3) is 0.571. The summed E-state index contributed by atoms with van der Waals surface area (Å²) in [6.45, 7) is 6.61. The minimum absolute atomic E-state index is 0.166. The van der Waals surface area contributed by atoms with Crippen LogP contribution in [0.2, 0.25) is 0 Å². The highest BCUT2D eigenvalue weighted by atomic mass is 16.6. The van der Waals surface area contributed by atoms with Crippen molar-refractivity contribution in [1.82, 2.24) is 10.2 Å². The van der Waals surface area contributed by atoms with Crippen molar-refractivity contribution in [3.05, 3.63) is 39.9 Å². The van der Waals surface area contributed by atoms with Gasteiger partial charge in [0.15, 0.2) is 0 Å². The molecular weight excluding hydrogens is 242 g/mol. The third-order valence-electron chi connectivity index (χ3n) is 3.54. The Morgan fingerprint density at radius 2 is 2.16 bits per heavy atom. The van der Waals surface area contributed by atoms with Gasteiger partial charge in [0, 0.05) is 37.8 Å². The molecule has 0 radical (unpaired) electrons. The Hall–Kier alpha value is -1.46. The molecule has 0 unspecified atom stereocenters. The smallest absolute Gasteiger partial charge is 0.269 e. The van der Waals surface area contributed by atoms with Crippen LogP contribution in [0.15, 0.2) is 24.3 Å². The molecule has 1 aromatic carbocycles. The second-order valence-corrected chi connectivity index (χ2v) is 5.18. The maximum Gasteiger partial charge on any atom is 0.269 e. The minimum Gasteiger partial charge on any atom is -0.312 e. The Labute approximate surface area is 113 Å². The molecule has 1 atom stereocenters. The SMILES string of the molecule is C[C@H]1CN(CCCc2ccc([N+](=O)[O-])cc2)CCN1. The number of hydrogen-bond donors (Lipinski definition) is 1. The number of non-ortho nitro benzene ring substituents is 1. The lowest BCUT2D eigenvalue weighted by Gasteiger charge is -2.31. The van der Waals surface area contributed by atoms with Crippen LogP contribution < -0.4 is 5.32 Å². The molecule has 1 saturated heterocycles. The number of piperazine rings is 1. The van der Waals surface area contributed by atoms with Crippen LogP contribution in [0.5, 0.6) is 0 Å². The van der Waals surface area contributed by atoms with Crippen molar-refractivity contribution < 1.29 is 4.92 Å². The summed E-state index contributed by atoms with van der Waals surface area (Å²) < 4.78 is 0. The van der Waals surface area contributed by atoms with E-state index in [9.17, 15) is 10.1 Å². The van der Waals surface area contributed by atoms with Crippen molar-refractivity contribution in [3.8, 4) is 0 Å². The van der Waals surface area contributed by atoms with Gasteiger partial charge in [0.05, 0.1) is 4.92 Å². The standard InChI is InChI=1S/C14H21N3O2/c1-12-11-16(10-8-15-12)9-2-3-13-4-6-14(7-5-13)17(18)19/h4-7,12,15H,2-3,8-11H2,1H3/t12-/m0/s1. The van der Waals surface area contributed by atoms with E-state index in [1.807, 2.05) is 12.1 Å². The number of nitrogens with one attached hydrogen (secondary N) is 1. The zero-order valence-corrected chi connectivity index (χ0v) is 11.3. The highest BCUT2D eigenvalue weighted by Crippen LogP contribution is 2.13. The van der Waals surface area contributed by atoms with Gasteiger partial charge in [-0.15, -0.1) is 0 Å². The highest BCUT2D eigenvalue weighted by Gasteiger charge is 2.14. The molecular formula is C14H21N3O2. The van der Waals surface area contributed by atoms with Crippen molar-refractivity contribution in [2.75, 3.05) is 26.2 Å². The molecule has 1 fully saturated rings. The lowest BCUT2D eigenvalue weighted by Crippen LogP contribution is -2.49. The van der Waals surface area contributed by atoms with Crippen LogP contribution in [0.1, 0.15) is 18.9 Å². The van der Waals surface area contributed by atoms with Crippen molar-refractivity contribution in [2.45, 2.75) is 25.8 Å². The first-order chi connectivity index (χ1) is 9.15. The molecule has 0 saturated carbocycles. The largest absolute Gasteiger partial charge is 0.312 e. The molecule has 104 valence electrons. The Morgan fingerprint density at radius 3 is 2.79 bits per heavy atom. The normalized spacial score (nSPS) is 20.4. The maximum atomic E-state index is 10.6. The topological polar surface area (TPSA) is 58.4 Å². The number of nitro benzene ring substituents is 1. The van der Waals surface area contributed by atoms with E-state index in [1.165, 1.54) is 5.56 Å². The summed E-state index contributed by atoms with van der Waals surface area (Å²) in [6, 6.07) is 7.47. The maximum absolute atomic E-state index is 10.6. The second kappa shape index (κ2) is 6.63. The Bertz CT molecular complexity index is 419. The molecule has 1 N–H and O–H groups in total. The van der Waals surface area contributed by atoms with Gasteiger partial charge in [-0.1, -0.05) is 12.1 Å².